The van der Waals surface area contributed by atoms with Gasteiger partial charge in [-0.25, -0.2) is 0 Å². The van der Waals surface area contributed by atoms with Gasteiger partial charge < -0.3 is 18.6 Å². The lowest BCUT2D eigenvalue weighted by atomic mass is 9.69. The van der Waals surface area contributed by atoms with Crippen LogP contribution in [-0.2, 0) is 5.41 Å². The molecule has 2 heterocycles. The molecule has 2 aliphatic carbocycles. The van der Waals surface area contributed by atoms with Crippen molar-refractivity contribution in [2.75, 3.05) is 9.80 Å². The van der Waals surface area contributed by atoms with Gasteiger partial charge in [-0.15, -0.1) is 0 Å². The number of furan rings is 2. The van der Waals surface area contributed by atoms with Crippen molar-refractivity contribution >= 4 is 99.5 Å². The lowest BCUT2D eigenvalue weighted by molar-refractivity contribution is 0.668. The van der Waals surface area contributed by atoms with Crippen LogP contribution >= 0.6 is 0 Å². The zero-order valence-corrected chi connectivity index (χ0v) is 39.5. The minimum atomic E-state index is -0.579. The molecule has 12 aromatic carbocycles. The molecule has 0 atom stereocenters. The van der Waals surface area contributed by atoms with E-state index in [1.807, 2.05) is 12.1 Å². The van der Waals surface area contributed by atoms with Crippen molar-refractivity contribution in [1.82, 2.24) is 0 Å². The molecular weight excluding hydrogens is 889 g/mol. The molecular formula is C69H42N2O2. The van der Waals surface area contributed by atoms with Crippen molar-refractivity contribution in [3.63, 3.8) is 0 Å². The summed E-state index contributed by atoms with van der Waals surface area (Å²) in [6.07, 6.45) is 0. The zero-order chi connectivity index (χ0) is 47.8. The number of benzene rings is 12. The van der Waals surface area contributed by atoms with Crippen molar-refractivity contribution in [2.45, 2.75) is 5.41 Å². The molecule has 0 amide bonds. The summed E-state index contributed by atoms with van der Waals surface area (Å²) in [5.41, 5.74) is 19.8. The Balaban J connectivity index is 0.931. The Morgan fingerprint density at radius 3 is 1.37 bits per heavy atom. The van der Waals surface area contributed by atoms with Crippen LogP contribution in [0.2, 0.25) is 0 Å². The SMILES string of the molecule is c1ccc(N(c2ccc3cc4c(cc3c2)C2(c3ccccc3-c3ccccc32)c2c-4ccc3cc(N(c4ccccc4)c4cccc5oc6ccccc6c45)ccc23)c2cccc3oc4ccccc4c23)cc1. The summed E-state index contributed by atoms with van der Waals surface area (Å²) in [5.74, 6) is 0. The van der Waals surface area contributed by atoms with E-state index in [1.54, 1.807) is 0 Å². The van der Waals surface area contributed by atoms with Gasteiger partial charge in [0.15, 0.2) is 0 Å². The van der Waals surface area contributed by atoms with Crippen molar-refractivity contribution < 1.29 is 8.83 Å². The largest absolute Gasteiger partial charge is 0.456 e. The van der Waals surface area contributed by atoms with E-state index >= 15 is 0 Å². The maximum Gasteiger partial charge on any atom is 0.137 e. The first-order valence-electron chi connectivity index (χ1n) is 25.1. The molecule has 0 saturated carbocycles. The molecule has 2 aromatic heterocycles. The van der Waals surface area contributed by atoms with Gasteiger partial charge in [0, 0.05) is 33.5 Å². The third-order valence-corrected chi connectivity index (χ3v) is 15.8. The predicted octanol–water partition coefficient (Wildman–Crippen LogP) is 19.1. The van der Waals surface area contributed by atoms with Crippen LogP contribution in [0.5, 0.6) is 0 Å². The van der Waals surface area contributed by atoms with E-state index in [9.17, 15) is 0 Å². The van der Waals surface area contributed by atoms with Gasteiger partial charge >= 0.3 is 0 Å². The summed E-state index contributed by atoms with van der Waals surface area (Å²) in [6, 6.07) is 92.9. The fraction of sp³-hybridized carbons (Fsp3) is 0.0145. The second kappa shape index (κ2) is 15.2. The fourth-order valence-corrected chi connectivity index (χ4v) is 12.9. The highest BCUT2D eigenvalue weighted by atomic mass is 16.3. The molecule has 0 fully saturated rings. The number of para-hydroxylation sites is 4. The number of anilines is 6. The molecule has 4 heteroatoms. The van der Waals surface area contributed by atoms with Crippen molar-refractivity contribution in [3.8, 4) is 22.3 Å². The molecule has 0 saturated heterocycles. The minimum Gasteiger partial charge on any atom is -0.456 e. The molecule has 16 rings (SSSR count). The number of nitrogens with zero attached hydrogens (tertiary/aromatic N) is 2. The van der Waals surface area contributed by atoms with E-state index < -0.39 is 5.41 Å². The molecule has 0 unspecified atom stereocenters. The van der Waals surface area contributed by atoms with Gasteiger partial charge in [0.1, 0.15) is 22.3 Å². The maximum absolute atomic E-state index is 6.46. The second-order valence-electron chi connectivity index (χ2n) is 19.5. The summed E-state index contributed by atoms with van der Waals surface area (Å²) in [6.45, 7) is 0. The van der Waals surface area contributed by atoms with Gasteiger partial charge in [-0.1, -0.05) is 158 Å². The quantitative estimate of drug-likeness (QED) is 0.166. The van der Waals surface area contributed by atoms with Crippen LogP contribution in [0.25, 0.3) is 87.7 Å². The van der Waals surface area contributed by atoms with Crippen molar-refractivity contribution in [1.29, 1.82) is 0 Å². The Labute approximate surface area is 420 Å². The van der Waals surface area contributed by atoms with Gasteiger partial charge in [-0.3, -0.25) is 0 Å². The number of fused-ring (bicyclic) bond motifs is 19. The Bertz CT molecular complexity index is 4540. The lowest BCUT2D eigenvalue weighted by Gasteiger charge is -2.32. The Morgan fingerprint density at radius 2 is 0.767 bits per heavy atom. The van der Waals surface area contributed by atoms with Crippen LogP contribution in [0.15, 0.2) is 264 Å². The minimum absolute atomic E-state index is 0.579. The van der Waals surface area contributed by atoms with Gasteiger partial charge in [0.25, 0.3) is 0 Å². The van der Waals surface area contributed by atoms with Crippen LogP contribution in [0.1, 0.15) is 22.3 Å². The fourth-order valence-electron chi connectivity index (χ4n) is 12.9. The normalized spacial score (nSPS) is 13.0. The molecule has 0 radical (unpaired) electrons. The van der Waals surface area contributed by atoms with Crippen LogP contribution in [-0.4, -0.2) is 0 Å². The van der Waals surface area contributed by atoms with E-state index in [0.717, 1.165) is 78.0 Å². The summed E-state index contributed by atoms with van der Waals surface area (Å²) < 4.78 is 12.9. The Hall–Kier alpha value is -9.64. The Morgan fingerprint density at radius 1 is 0.274 bits per heavy atom. The summed E-state index contributed by atoms with van der Waals surface area (Å²) >= 11 is 0. The van der Waals surface area contributed by atoms with Gasteiger partial charge in [0.2, 0.25) is 0 Å². The third-order valence-electron chi connectivity index (χ3n) is 15.8. The monoisotopic (exact) mass is 930 g/mol. The van der Waals surface area contributed by atoms with Gasteiger partial charge in [-0.05, 0) is 163 Å². The van der Waals surface area contributed by atoms with Crippen LogP contribution in [0.3, 0.4) is 0 Å². The first kappa shape index (κ1) is 40.1. The molecule has 73 heavy (non-hydrogen) atoms. The van der Waals surface area contributed by atoms with E-state index in [0.29, 0.717) is 0 Å². The summed E-state index contributed by atoms with van der Waals surface area (Å²) in [7, 11) is 0. The van der Waals surface area contributed by atoms with Crippen molar-refractivity contribution in [3.05, 3.63) is 277 Å². The lowest BCUT2D eigenvalue weighted by Crippen LogP contribution is -2.26. The zero-order valence-electron chi connectivity index (χ0n) is 39.5. The van der Waals surface area contributed by atoms with E-state index in [1.165, 1.54) is 66.1 Å². The number of rotatable bonds is 6. The highest BCUT2D eigenvalue weighted by Crippen LogP contribution is 2.65. The van der Waals surface area contributed by atoms with Crippen molar-refractivity contribution in [2.24, 2.45) is 0 Å². The van der Waals surface area contributed by atoms with E-state index in [-0.39, 0.29) is 0 Å². The molecule has 0 aliphatic heterocycles. The smallest absolute Gasteiger partial charge is 0.137 e. The number of hydrogen-bond acceptors (Lipinski definition) is 4. The van der Waals surface area contributed by atoms with Crippen LogP contribution in [0, 0.1) is 0 Å². The number of hydrogen-bond donors (Lipinski definition) is 0. The molecule has 4 nitrogen and oxygen atoms in total. The molecule has 14 aromatic rings. The van der Waals surface area contributed by atoms with Gasteiger partial charge in [-0.2, -0.15) is 0 Å². The standard InChI is InChI=1S/C69H42N2O2/c1-3-17-46(18-4-1)70(60-27-15-31-64-66(60)54-23-9-13-29-62(54)72-64)48-35-33-43-41-56-53-37-34-44-39-49(71(47-19-5-2-6-20-47)61-28-16-32-65-67(61)55-24-10-14-30-63(55)73-65)36-38-50(44)68(53)69(59(56)42-45(43)40-48)57-25-11-7-21-51(57)52-22-8-12-26-58(52)69/h1-42H. The summed E-state index contributed by atoms with van der Waals surface area (Å²) in [4.78, 5) is 4.78. The van der Waals surface area contributed by atoms with Gasteiger partial charge in [0.05, 0.1) is 27.6 Å². The van der Waals surface area contributed by atoms with E-state index in [4.69, 9.17) is 8.83 Å². The average Bonchev–Trinajstić information content (AvgIpc) is 4.20. The second-order valence-corrected chi connectivity index (χ2v) is 19.5. The highest BCUT2D eigenvalue weighted by molar-refractivity contribution is 6.15. The predicted molar refractivity (Wildman–Crippen MR) is 302 cm³/mol. The van der Waals surface area contributed by atoms with Crippen LogP contribution in [0.4, 0.5) is 34.1 Å². The third kappa shape index (κ3) is 5.60. The first-order valence-corrected chi connectivity index (χ1v) is 25.1. The average molecular weight is 931 g/mol. The topological polar surface area (TPSA) is 32.8 Å². The highest BCUT2D eigenvalue weighted by Gasteiger charge is 2.52. The molecule has 0 bridgehead atoms. The van der Waals surface area contributed by atoms with Crippen LogP contribution < -0.4 is 9.80 Å². The molecule has 2 aliphatic rings. The summed E-state index contributed by atoms with van der Waals surface area (Å²) in [5, 5.41) is 9.19. The molecule has 1 spiro atoms. The Kier molecular flexibility index (Phi) is 8.35. The van der Waals surface area contributed by atoms with E-state index in [2.05, 4.69) is 252 Å². The molecule has 0 N–H and O–H groups in total. The first-order chi connectivity index (χ1) is 36.2. The maximum atomic E-state index is 6.46. The molecule has 340 valence electrons.